The Balaban J connectivity index is 2.24. The summed E-state index contributed by atoms with van der Waals surface area (Å²) in [5, 5.41) is 0. The van der Waals surface area contributed by atoms with Gasteiger partial charge in [0.15, 0.2) is 0 Å². The molecule has 0 amide bonds. The first-order valence-corrected chi connectivity index (χ1v) is 14.4. The van der Waals surface area contributed by atoms with Gasteiger partial charge in [0.25, 0.3) is 0 Å². The van der Waals surface area contributed by atoms with Crippen molar-refractivity contribution in [3.63, 3.8) is 0 Å². The highest BCUT2D eigenvalue weighted by molar-refractivity contribution is 7.47. The third-order valence-corrected chi connectivity index (χ3v) is 7.07. The summed E-state index contributed by atoms with van der Waals surface area (Å²) in [7, 11) is 2.15. The van der Waals surface area contributed by atoms with Crippen LogP contribution in [0.2, 0.25) is 0 Å². The Morgan fingerprint density at radius 3 is 1.71 bits per heavy atom. The van der Waals surface area contributed by atoms with Crippen LogP contribution in [0.5, 0.6) is 0 Å². The first-order valence-electron chi connectivity index (χ1n) is 12.9. The van der Waals surface area contributed by atoms with E-state index in [1.165, 1.54) is 89.9 Å². The maximum Gasteiger partial charge on any atom is 0.472 e. The molecule has 0 aromatic heterocycles. The van der Waals surface area contributed by atoms with Crippen LogP contribution < -0.4 is 0 Å². The zero-order valence-corrected chi connectivity index (χ0v) is 21.7. The van der Waals surface area contributed by atoms with Gasteiger partial charge < -0.3 is 9.38 Å². The maximum absolute atomic E-state index is 11.9. The van der Waals surface area contributed by atoms with E-state index >= 15 is 0 Å². The summed E-state index contributed by atoms with van der Waals surface area (Å²) in [5.74, 6) is 0. The van der Waals surface area contributed by atoms with Crippen molar-refractivity contribution in [1.29, 1.82) is 0 Å². The second-order valence-electron chi connectivity index (χ2n) is 10.2. The summed E-state index contributed by atoms with van der Waals surface area (Å²) in [6.07, 6.45) is 24.5. The lowest BCUT2D eigenvalue weighted by molar-refractivity contribution is -0.870. The Kier molecular flexibility index (Phi) is 16.1. The van der Waals surface area contributed by atoms with E-state index in [2.05, 4.69) is 6.08 Å². The Morgan fingerprint density at radius 1 is 0.774 bits per heavy atom. The highest BCUT2D eigenvalue weighted by Crippen LogP contribution is 2.43. The molecule has 184 valence electrons. The monoisotopic (exact) mass is 460 g/mol. The molecular formula is C25H51NO4P+. The third-order valence-electron chi connectivity index (χ3n) is 6.05. The number of nitrogens with zero attached hydrogens (tertiary/aromatic N) is 1. The van der Waals surface area contributed by atoms with Gasteiger partial charge in [-0.2, -0.15) is 0 Å². The largest absolute Gasteiger partial charge is 0.472 e. The molecule has 0 spiro atoms. The zero-order chi connectivity index (χ0) is 22.8. The van der Waals surface area contributed by atoms with E-state index in [1.54, 1.807) is 5.57 Å². The molecule has 0 radical (unpaired) electrons. The van der Waals surface area contributed by atoms with Gasteiger partial charge >= 0.3 is 7.82 Å². The summed E-state index contributed by atoms with van der Waals surface area (Å²) >= 11 is 0. The number of allylic oxidation sites excluding steroid dienone is 2. The summed E-state index contributed by atoms with van der Waals surface area (Å²) in [5.41, 5.74) is 1.63. The van der Waals surface area contributed by atoms with Gasteiger partial charge in [-0.15, -0.1) is 0 Å². The molecule has 0 saturated heterocycles. The number of unbranched alkanes of at least 4 members (excludes halogenated alkanes) is 2. The van der Waals surface area contributed by atoms with Crippen LogP contribution in [0.4, 0.5) is 0 Å². The molecule has 1 rings (SSSR count). The Morgan fingerprint density at radius 2 is 1.23 bits per heavy atom. The van der Waals surface area contributed by atoms with Crippen LogP contribution >= 0.6 is 7.82 Å². The molecule has 0 aromatic rings. The van der Waals surface area contributed by atoms with Gasteiger partial charge in [0.2, 0.25) is 0 Å². The van der Waals surface area contributed by atoms with Crippen molar-refractivity contribution in [3.8, 4) is 0 Å². The maximum atomic E-state index is 11.9. The molecular weight excluding hydrogens is 409 g/mol. The van der Waals surface area contributed by atoms with Gasteiger partial charge in [-0.05, 0) is 44.9 Å². The zero-order valence-electron chi connectivity index (χ0n) is 20.8. The van der Waals surface area contributed by atoms with Crippen molar-refractivity contribution < 1.29 is 23.0 Å². The average molecular weight is 461 g/mol. The Labute approximate surface area is 192 Å². The van der Waals surface area contributed by atoms with E-state index < -0.39 is 7.82 Å². The van der Waals surface area contributed by atoms with Crippen molar-refractivity contribution in [2.24, 2.45) is 0 Å². The first-order chi connectivity index (χ1) is 14.8. The predicted octanol–water partition coefficient (Wildman–Crippen LogP) is 7.40. The molecule has 0 bridgehead atoms. The van der Waals surface area contributed by atoms with Crippen molar-refractivity contribution >= 4 is 7.82 Å². The fourth-order valence-electron chi connectivity index (χ4n) is 4.00. The van der Waals surface area contributed by atoms with Gasteiger partial charge in [0.1, 0.15) is 13.2 Å². The lowest BCUT2D eigenvalue weighted by Gasteiger charge is -2.24. The van der Waals surface area contributed by atoms with E-state index in [0.717, 1.165) is 19.3 Å². The second kappa shape index (κ2) is 17.3. The van der Waals surface area contributed by atoms with Gasteiger partial charge in [-0.3, -0.25) is 9.05 Å². The van der Waals surface area contributed by atoms with Crippen molar-refractivity contribution in [3.05, 3.63) is 11.6 Å². The van der Waals surface area contributed by atoms with Crippen molar-refractivity contribution in [2.45, 2.75) is 109 Å². The standard InChI is InChI=1S/C25H50NO4P/c1-26(2,3)22-24-30-31(27,28)29-23-18-14-17-21-25-19-15-12-10-8-6-4-5-7-9-11-13-16-20-25/h21H,4-20,22-24H2,1-3H3/p+1. The quantitative estimate of drug-likeness (QED) is 0.160. The lowest BCUT2D eigenvalue weighted by Crippen LogP contribution is -2.37. The molecule has 0 heterocycles. The number of quaternary nitrogens is 1. The smallest absolute Gasteiger partial charge is 0.329 e. The Hall–Kier alpha value is -0.190. The number of phosphoric ester groups is 1. The summed E-state index contributed by atoms with van der Waals surface area (Å²) in [6, 6.07) is 0. The number of rotatable bonds is 10. The molecule has 0 aromatic carbocycles. The summed E-state index contributed by atoms with van der Waals surface area (Å²) < 4.78 is 22.8. The van der Waals surface area contributed by atoms with Gasteiger partial charge in [-0.1, -0.05) is 75.9 Å². The summed E-state index contributed by atoms with van der Waals surface area (Å²) in [4.78, 5) is 9.77. The first kappa shape index (κ1) is 28.8. The molecule has 1 unspecified atom stereocenters. The average Bonchev–Trinajstić information content (AvgIpc) is 2.69. The number of hydrogen-bond donors (Lipinski definition) is 1. The molecule has 1 saturated carbocycles. The molecule has 1 aliphatic carbocycles. The highest BCUT2D eigenvalue weighted by atomic mass is 31.2. The molecule has 1 fully saturated rings. The molecule has 1 atom stereocenters. The molecule has 5 nitrogen and oxygen atoms in total. The highest BCUT2D eigenvalue weighted by Gasteiger charge is 2.21. The van der Waals surface area contributed by atoms with Gasteiger partial charge in [0, 0.05) is 0 Å². The van der Waals surface area contributed by atoms with Crippen LogP contribution in [0.1, 0.15) is 109 Å². The fraction of sp³-hybridized carbons (Fsp3) is 0.920. The fourth-order valence-corrected chi connectivity index (χ4v) is 4.75. The van der Waals surface area contributed by atoms with Crippen LogP contribution in [0.3, 0.4) is 0 Å². The molecule has 1 N–H and O–H groups in total. The number of hydrogen-bond acceptors (Lipinski definition) is 3. The molecule has 1 aliphatic rings. The van der Waals surface area contributed by atoms with E-state index in [4.69, 9.17) is 9.05 Å². The van der Waals surface area contributed by atoms with Crippen LogP contribution in [-0.2, 0) is 13.6 Å². The van der Waals surface area contributed by atoms with Gasteiger partial charge in [0.05, 0.1) is 27.7 Å². The number of phosphoric acid groups is 1. The molecule has 31 heavy (non-hydrogen) atoms. The minimum Gasteiger partial charge on any atom is -0.329 e. The predicted molar refractivity (Wildman–Crippen MR) is 131 cm³/mol. The SMILES string of the molecule is C[N+](C)(C)CCOP(=O)(O)OCCCCC=C1CCCCCCCCCCCCCC1. The minimum absolute atomic E-state index is 0.226. The second-order valence-corrected chi connectivity index (χ2v) is 11.7. The van der Waals surface area contributed by atoms with Crippen LogP contribution in [0.15, 0.2) is 11.6 Å². The van der Waals surface area contributed by atoms with E-state index in [0.29, 0.717) is 11.0 Å². The van der Waals surface area contributed by atoms with E-state index in [1.807, 2.05) is 21.1 Å². The van der Waals surface area contributed by atoms with Crippen LogP contribution in [-0.4, -0.2) is 50.3 Å². The third kappa shape index (κ3) is 19.0. The number of likely N-dealkylation sites (N-methyl/N-ethyl adjacent to an activating group) is 1. The van der Waals surface area contributed by atoms with Crippen molar-refractivity contribution in [2.75, 3.05) is 40.9 Å². The molecule has 0 aliphatic heterocycles. The normalized spacial score (nSPS) is 20.5. The van der Waals surface area contributed by atoms with Gasteiger partial charge in [-0.25, -0.2) is 4.57 Å². The van der Waals surface area contributed by atoms with Crippen molar-refractivity contribution in [1.82, 2.24) is 0 Å². The molecule has 6 heteroatoms. The summed E-state index contributed by atoms with van der Waals surface area (Å²) in [6.45, 7) is 1.17. The van der Waals surface area contributed by atoms with E-state index in [9.17, 15) is 9.46 Å². The lowest BCUT2D eigenvalue weighted by atomic mass is 9.98. The van der Waals surface area contributed by atoms with Crippen LogP contribution in [0, 0.1) is 0 Å². The minimum atomic E-state index is -3.92. The Bertz CT molecular complexity index is 498. The van der Waals surface area contributed by atoms with Crippen LogP contribution in [0.25, 0.3) is 0 Å². The topological polar surface area (TPSA) is 55.8 Å². The van der Waals surface area contributed by atoms with E-state index in [-0.39, 0.29) is 13.2 Å².